The van der Waals surface area contributed by atoms with Gasteiger partial charge in [0, 0.05) is 44.6 Å². The largest absolute Gasteiger partial charge is 0.329 e. The number of hydrogen-bond acceptors (Lipinski definition) is 2. The summed E-state index contributed by atoms with van der Waals surface area (Å²) < 4.78 is 0. The Morgan fingerprint density at radius 1 is 1.24 bits per heavy atom. The molecule has 0 bridgehead atoms. The van der Waals surface area contributed by atoms with Gasteiger partial charge >= 0.3 is 0 Å². The van der Waals surface area contributed by atoms with Crippen molar-refractivity contribution in [3.8, 4) is 0 Å². The Morgan fingerprint density at radius 2 is 1.88 bits per heavy atom. The van der Waals surface area contributed by atoms with Crippen LogP contribution in [0.1, 0.15) is 18.4 Å². The lowest BCUT2D eigenvalue weighted by Gasteiger charge is -2.33. The first-order valence-electron chi connectivity index (χ1n) is 6.17. The molecule has 1 aliphatic rings. The first-order valence-corrected chi connectivity index (χ1v) is 6.17. The Balaban J connectivity index is 2.12. The van der Waals surface area contributed by atoms with Crippen LogP contribution < -0.4 is 5.73 Å². The van der Waals surface area contributed by atoms with Gasteiger partial charge in [-0.1, -0.05) is 30.3 Å². The standard InChI is InChI=1S/C14H19N3/c1-16-14(13-5-3-2-4-6-13)7-10-17(11-8-14)12-9-15/h2-6H,7-12,15H2. The maximum absolute atomic E-state index is 7.53. The van der Waals surface area contributed by atoms with Gasteiger partial charge in [0.15, 0.2) is 0 Å². The highest BCUT2D eigenvalue weighted by molar-refractivity contribution is 5.29. The van der Waals surface area contributed by atoms with Crippen molar-refractivity contribution in [2.75, 3.05) is 26.2 Å². The third-order valence-electron chi connectivity index (χ3n) is 3.65. The van der Waals surface area contributed by atoms with Crippen LogP contribution in [0.15, 0.2) is 30.3 Å². The van der Waals surface area contributed by atoms with E-state index in [-0.39, 0.29) is 5.54 Å². The minimum absolute atomic E-state index is 0.299. The van der Waals surface area contributed by atoms with Gasteiger partial charge in [0.05, 0.1) is 0 Å². The van der Waals surface area contributed by atoms with E-state index in [1.165, 1.54) is 5.56 Å². The number of nitrogens with zero attached hydrogens (tertiary/aromatic N) is 2. The Bertz CT molecular complexity index is 386. The van der Waals surface area contributed by atoms with E-state index in [1.54, 1.807) is 0 Å². The molecule has 90 valence electrons. The lowest BCUT2D eigenvalue weighted by molar-refractivity contribution is 0.186. The lowest BCUT2D eigenvalue weighted by atomic mass is 9.81. The fraction of sp³-hybridized carbons (Fsp3) is 0.500. The minimum atomic E-state index is -0.299. The number of piperidine rings is 1. The Hall–Kier alpha value is -1.37. The number of likely N-dealkylation sites (tertiary alicyclic amines) is 1. The molecule has 0 amide bonds. The highest BCUT2D eigenvalue weighted by Gasteiger charge is 2.41. The fourth-order valence-corrected chi connectivity index (χ4v) is 2.54. The molecule has 2 rings (SSSR count). The second-order valence-corrected chi connectivity index (χ2v) is 4.64. The van der Waals surface area contributed by atoms with Crippen LogP contribution in [-0.4, -0.2) is 31.1 Å². The molecule has 0 atom stereocenters. The van der Waals surface area contributed by atoms with Crippen LogP contribution in [-0.2, 0) is 5.54 Å². The summed E-state index contributed by atoms with van der Waals surface area (Å²) in [5, 5.41) is 0. The molecule has 17 heavy (non-hydrogen) atoms. The van der Waals surface area contributed by atoms with Crippen molar-refractivity contribution in [3.63, 3.8) is 0 Å². The van der Waals surface area contributed by atoms with E-state index in [9.17, 15) is 0 Å². The summed E-state index contributed by atoms with van der Waals surface area (Å²) in [6.07, 6.45) is 1.83. The molecule has 1 heterocycles. The molecule has 1 fully saturated rings. The molecular formula is C14H19N3. The lowest BCUT2D eigenvalue weighted by Crippen LogP contribution is -2.42. The molecule has 1 aromatic rings. The van der Waals surface area contributed by atoms with E-state index in [4.69, 9.17) is 12.3 Å². The van der Waals surface area contributed by atoms with Crippen LogP contribution in [0.25, 0.3) is 4.85 Å². The first-order chi connectivity index (χ1) is 8.30. The topological polar surface area (TPSA) is 33.6 Å². The molecule has 0 aliphatic carbocycles. The molecular weight excluding hydrogens is 210 g/mol. The smallest absolute Gasteiger partial charge is 0.260 e. The number of hydrogen-bond donors (Lipinski definition) is 1. The molecule has 2 N–H and O–H groups in total. The van der Waals surface area contributed by atoms with Gasteiger partial charge in [0.25, 0.3) is 5.54 Å². The zero-order valence-corrected chi connectivity index (χ0v) is 10.1. The number of nitrogens with two attached hydrogens (primary N) is 1. The van der Waals surface area contributed by atoms with Gasteiger partial charge in [-0.2, -0.15) is 0 Å². The van der Waals surface area contributed by atoms with Gasteiger partial charge < -0.3 is 15.5 Å². The van der Waals surface area contributed by atoms with E-state index >= 15 is 0 Å². The summed E-state index contributed by atoms with van der Waals surface area (Å²) in [6.45, 7) is 11.1. The Kier molecular flexibility index (Phi) is 3.78. The Labute approximate surface area is 103 Å². The van der Waals surface area contributed by atoms with E-state index in [1.807, 2.05) is 18.2 Å². The normalized spacial score (nSPS) is 19.8. The number of benzene rings is 1. The summed E-state index contributed by atoms with van der Waals surface area (Å²) in [4.78, 5) is 6.29. The monoisotopic (exact) mass is 229 g/mol. The van der Waals surface area contributed by atoms with Crippen molar-refractivity contribution in [1.29, 1.82) is 0 Å². The second kappa shape index (κ2) is 5.31. The quantitative estimate of drug-likeness (QED) is 0.803. The van der Waals surface area contributed by atoms with Crippen molar-refractivity contribution in [3.05, 3.63) is 47.3 Å². The average molecular weight is 229 g/mol. The maximum atomic E-state index is 7.53. The average Bonchev–Trinajstić information content (AvgIpc) is 2.41. The maximum Gasteiger partial charge on any atom is 0.260 e. The second-order valence-electron chi connectivity index (χ2n) is 4.64. The number of rotatable bonds is 3. The summed E-state index contributed by atoms with van der Waals surface area (Å²) in [5.74, 6) is 0. The summed E-state index contributed by atoms with van der Waals surface area (Å²) in [5.41, 5.74) is 6.44. The summed E-state index contributed by atoms with van der Waals surface area (Å²) in [6, 6.07) is 10.2. The summed E-state index contributed by atoms with van der Waals surface area (Å²) in [7, 11) is 0. The molecule has 1 saturated heterocycles. The van der Waals surface area contributed by atoms with Crippen LogP contribution in [0.3, 0.4) is 0 Å². The van der Waals surface area contributed by atoms with Gasteiger partial charge in [-0.25, -0.2) is 6.57 Å². The van der Waals surface area contributed by atoms with E-state index < -0.39 is 0 Å². The highest BCUT2D eigenvalue weighted by Crippen LogP contribution is 2.36. The van der Waals surface area contributed by atoms with Crippen molar-refractivity contribution in [2.45, 2.75) is 18.4 Å². The van der Waals surface area contributed by atoms with Crippen molar-refractivity contribution < 1.29 is 0 Å². The Morgan fingerprint density at radius 3 is 2.41 bits per heavy atom. The minimum Gasteiger partial charge on any atom is -0.329 e. The molecule has 0 radical (unpaired) electrons. The SMILES string of the molecule is [C-]#[N+]C1(c2ccccc2)CCN(CCN)CC1. The van der Waals surface area contributed by atoms with Gasteiger partial charge in [0.1, 0.15) is 0 Å². The zero-order chi connectivity index (χ0) is 12.1. The van der Waals surface area contributed by atoms with Crippen LogP contribution in [0.2, 0.25) is 0 Å². The van der Waals surface area contributed by atoms with Gasteiger partial charge in [0.2, 0.25) is 0 Å². The van der Waals surface area contributed by atoms with Crippen molar-refractivity contribution in [1.82, 2.24) is 4.90 Å². The molecule has 1 aromatic carbocycles. The third kappa shape index (κ3) is 2.49. The predicted octanol–water partition coefficient (Wildman–Crippen LogP) is 1.86. The highest BCUT2D eigenvalue weighted by atomic mass is 15.1. The fourth-order valence-electron chi connectivity index (χ4n) is 2.54. The van der Waals surface area contributed by atoms with Gasteiger partial charge in [-0.15, -0.1) is 0 Å². The molecule has 3 heteroatoms. The van der Waals surface area contributed by atoms with Crippen LogP contribution in [0, 0.1) is 6.57 Å². The first kappa shape index (κ1) is 12.1. The third-order valence-corrected chi connectivity index (χ3v) is 3.65. The molecule has 0 spiro atoms. The predicted molar refractivity (Wildman–Crippen MR) is 69.5 cm³/mol. The van der Waals surface area contributed by atoms with Crippen LogP contribution >= 0.6 is 0 Å². The molecule has 0 unspecified atom stereocenters. The van der Waals surface area contributed by atoms with E-state index in [2.05, 4.69) is 21.9 Å². The molecule has 1 aliphatic heterocycles. The molecule has 0 aromatic heterocycles. The zero-order valence-electron chi connectivity index (χ0n) is 10.1. The molecule has 3 nitrogen and oxygen atoms in total. The van der Waals surface area contributed by atoms with E-state index in [0.717, 1.165) is 32.5 Å². The van der Waals surface area contributed by atoms with E-state index in [0.29, 0.717) is 6.54 Å². The molecule has 0 saturated carbocycles. The van der Waals surface area contributed by atoms with Crippen molar-refractivity contribution in [2.24, 2.45) is 5.73 Å². The van der Waals surface area contributed by atoms with Gasteiger partial charge in [-0.05, 0) is 0 Å². The van der Waals surface area contributed by atoms with Crippen LogP contribution in [0.5, 0.6) is 0 Å². The van der Waals surface area contributed by atoms with Crippen molar-refractivity contribution >= 4 is 0 Å². The summed E-state index contributed by atoms with van der Waals surface area (Å²) >= 11 is 0. The van der Waals surface area contributed by atoms with Crippen LogP contribution in [0.4, 0.5) is 0 Å². The van der Waals surface area contributed by atoms with Gasteiger partial charge in [-0.3, -0.25) is 0 Å².